The van der Waals surface area contributed by atoms with Crippen LogP contribution in [0.5, 0.6) is 0 Å². The first-order valence-electron chi connectivity index (χ1n) is 8.26. The topological polar surface area (TPSA) is 29.3 Å². The van der Waals surface area contributed by atoms with E-state index in [9.17, 15) is 0 Å². The first-order valence-corrected chi connectivity index (χ1v) is 8.26. The third-order valence-corrected chi connectivity index (χ3v) is 4.54. The lowest BCUT2D eigenvalue weighted by atomic mass is 9.88. The van der Waals surface area contributed by atoms with Crippen LogP contribution in [0, 0.1) is 12.8 Å². The Hall–Kier alpha value is -1.64. The van der Waals surface area contributed by atoms with Crippen LogP contribution in [0.15, 0.2) is 54.6 Å². The predicted octanol–water partition coefficient (Wildman–Crippen LogP) is 3.39. The minimum atomic E-state index is 0.299. The van der Waals surface area contributed by atoms with Crippen molar-refractivity contribution in [1.29, 1.82) is 0 Å². The molecule has 0 saturated carbocycles. The summed E-state index contributed by atoms with van der Waals surface area (Å²) in [6.07, 6.45) is 2.28. The lowest BCUT2D eigenvalue weighted by Gasteiger charge is -2.36. The van der Waals surface area contributed by atoms with E-state index in [1.165, 1.54) is 16.7 Å². The number of rotatable bonds is 4. The van der Waals surface area contributed by atoms with Crippen LogP contribution < -0.4 is 5.73 Å². The first kappa shape index (κ1) is 15.3. The van der Waals surface area contributed by atoms with Crippen LogP contribution in [-0.4, -0.2) is 24.0 Å². The lowest BCUT2D eigenvalue weighted by molar-refractivity contribution is 0.149. The van der Waals surface area contributed by atoms with Gasteiger partial charge >= 0.3 is 0 Å². The molecule has 1 aliphatic rings. The van der Waals surface area contributed by atoms with Crippen LogP contribution in [0.2, 0.25) is 0 Å². The van der Waals surface area contributed by atoms with E-state index < -0.39 is 0 Å². The van der Waals surface area contributed by atoms with E-state index in [-0.39, 0.29) is 0 Å². The number of piperidine rings is 1. The highest BCUT2D eigenvalue weighted by Gasteiger charge is 2.25. The number of nitrogens with zero attached hydrogens (tertiary/aromatic N) is 1. The minimum Gasteiger partial charge on any atom is -0.327 e. The van der Waals surface area contributed by atoms with Gasteiger partial charge < -0.3 is 5.73 Å². The van der Waals surface area contributed by atoms with Gasteiger partial charge in [-0.05, 0) is 36.8 Å². The van der Waals surface area contributed by atoms with Crippen molar-refractivity contribution in [1.82, 2.24) is 4.90 Å². The second-order valence-corrected chi connectivity index (χ2v) is 6.73. The average Bonchev–Trinajstić information content (AvgIpc) is 2.50. The Kier molecular flexibility index (Phi) is 4.91. The maximum atomic E-state index is 6.31. The molecule has 2 atom stereocenters. The second kappa shape index (κ2) is 7.08. The van der Waals surface area contributed by atoms with Crippen LogP contribution in [0.1, 0.15) is 23.1 Å². The van der Waals surface area contributed by atoms with Gasteiger partial charge in [0.1, 0.15) is 0 Å². The fourth-order valence-electron chi connectivity index (χ4n) is 3.52. The molecule has 0 bridgehead atoms. The van der Waals surface area contributed by atoms with Crippen molar-refractivity contribution in [2.45, 2.75) is 32.4 Å². The summed E-state index contributed by atoms with van der Waals surface area (Å²) in [5, 5.41) is 0. The van der Waals surface area contributed by atoms with Gasteiger partial charge in [-0.2, -0.15) is 0 Å². The summed E-state index contributed by atoms with van der Waals surface area (Å²) in [6, 6.07) is 19.9. The SMILES string of the molecule is Cc1ccc(CC2CC(N)CN(Cc3ccccc3)C2)cc1. The number of hydrogen-bond acceptors (Lipinski definition) is 2. The van der Waals surface area contributed by atoms with Crippen LogP contribution >= 0.6 is 0 Å². The Morgan fingerprint density at radius 3 is 2.41 bits per heavy atom. The van der Waals surface area contributed by atoms with Crippen molar-refractivity contribution < 1.29 is 0 Å². The van der Waals surface area contributed by atoms with Crippen molar-refractivity contribution in [3.05, 3.63) is 71.3 Å². The normalized spacial score (nSPS) is 22.6. The molecule has 116 valence electrons. The molecule has 1 aliphatic heterocycles. The molecule has 2 aromatic carbocycles. The highest BCUT2D eigenvalue weighted by Crippen LogP contribution is 2.22. The zero-order valence-corrected chi connectivity index (χ0v) is 13.4. The Morgan fingerprint density at radius 1 is 0.955 bits per heavy atom. The fourth-order valence-corrected chi connectivity index (χ4v) is 3.52. The van der Waals surface area contributed by atoms with Crippen molar-refractivity contribution in [2.75, 3.05) is 13.1 Å². The third-order valence-electron chi connectivity index (χ3n) is 4.54. The van der Waals surface area contributed by atoms with Gasteiger partial charge in [0, 0.05) is 25.7 Å². The zero-order chi connectivity index (χ0) is 15.4. The largest absolute Gasteiger partial charge is 0.327 e. The molecular formula is C20H26N2. The molecule has 22 heavy (non-hydrogen) atoms. The Labute approximate surface area is 134 Å². The van der Waals surface area contributed by atoms with E-state index in [2.05, 4.69) is 66.4 Å². The van der Waals surface area contributed by atoms with E-state index >= 15 is 0 Å². The maximum absolute atomic E-state index is 6.31. The monoisotopic (exact) mass is 294 g/mol. The smallest absolute Gasteiger partial charge is 0.0234 e. The van der Waals surface area contributed by atoms with Gasteiger partial charge in [0.2, 0.25) is 0 Å². The molecule has 0 spiro atoms. The fraction of sp³-hybridized carbons (Fsp3) is 0.400. The van der Waals surface area contributed by atoms with Gasteiger partial charge in [-0.25, -0.2) is 0 Å². The van der Waals surface area contributed by atoms with E-state index in [1.54, 1.807) is 0 Å². The van der Waals surface area contributed by atoms with Crippen molar-refractivity contribution in [2.24, 2.45) is 11.7 Å². The summed E-state index contributed by atoms with van der Waals surface area (Å²) < 4.78 is 0. The van der Waals surface area contributed by atoms with Gasteiger partial charge in [0.15, 0.2) is 0 Å². The summed E-state index contributed by atoms with van der Waals surface area (Å²) >= 11 is 0. The van der Waals surface area contributed by atoms with Gasteiger partial charge in [0.05, 0.1) is 0 Å². The molecule has 0 amide bonds. The molecule has 2 N–H and O–H groups in total. The van der Waals surface area contributed by atoms with Crippen molar-refractivity contribution in [3.8, 4) is 0 Å². The molecule has 2 unspecified atom stereocenters. The molecule has 1 heterocycles. The van der Waals surface area contributed by atoms with Crippen LogP contribution in [0.4, 0.5) is 0 Å². The molecule has 0 aliphatic carbocycles. The minimum absolute atomic E-state index is 0.299. The van der Waals surface area contributed by atoms with E-state index in [0.29, 0.717) is 12.0 Å². The van der Waals surface area contributed by atoms with E-state index in [4.69, 9.17) is 5.73 Å². The number of likely N-dealkylation sites (tertiary alicyclic amines) is 1. The Balaban J connectivity index is 1.62. The van der Waals surface area contributed by atoms with E-state index in [0.717, 1.165) is 32.5 Å². The average molecular weight is 294 g/mol. The van der Waals surface area contributed by atoms with Crippen LogP contribution in [-0.2, 0) is 13.0 Å². The molecule has 0 radical (unpaired) electrons. The molecule has 2 aromatic rings. The summed E-state index contributed by atoms with van der Waals surface area (Å²) in [5.74, 6) is 0.662. The quantitative estimate of drug-likeness (QED) is 0.936. The molecule has 3 rings (SSSR count). The number of nitrogens with two attached hydrogens (primary N) is 1. The van der Waals surface area contributed by atoms with Crippen molar-refractivity contribution >= 4 is 0 Å². The predicted molar refractivity (Wildman–Crippen MR) is 92.7 cm³/mol. The maximum Gasteiger partial charge on any atom is 0.0234 e. The third kappa shape index (κ3) is 4.19. The molecule has 1 fully saturated rings. The van der Waals surface area contributed by atoms with Crippen molar-refractivity contribution in [3.63, 3.8) is 0 Å². The zero-order valence-electron chi connectivity index (χ0n) is 13.4. The van der Waals surface area contributed by atoms with Crippen LogP contribution in [0.3, 0.4) is 0 Å². The molecule has 1 saturated heterocycles. The summed E-state index contributed by atoms with van der Waals surface area (Å²) in [4.78, 5) is 2.52. The van der Waals surface area contributed by atoms with Crippen LogP contribution in [0.25, 0.3) is 0 Å². The highest BCUT2D eigenvalue weighted by atomic mass is 15.1. The molecule has 2 nitrogen and oxygen atoms in total. The van der Waals surface area contributed by atoms with E-state index in [1.807, 2.05) is 0 Å². The number of benzene rings is 2. The highest BCUT2D eigenvalue weighted by molar-refractivity contribution is 5.22. The van der Waals surface area contributed by atoms with Gasteiger partial charge in [0.25, 0.3) is 0 Å². The summed E-state index contributed by atoms with van der Waals surface area (Å²) in [7, 11) is 0. The second-order valence-electron chi connectivity index (χ2n) is 6.73. The molecule has 2 heteroatoms. The standard InChI is InChI=1S/C20H26N2/c1-16-7-9-17(10-8-16)11-19-12-20(21)15-22(14-19)13-18-5-3-2-4-6-18/h2-10,19-20H,11-15,21H2,1H3. The van der Waals surface area contributed by atoms with Gasteiger partial charge in [-0.1, -0.05) is 60.2 Å². The first-order chi connectivity index (χ1) is 10.7. The molecule has 0 aromatic heterocycles. The summed E-state index contributed by atoms with van der Waals surface area (Å²) in [6.45, 7) is 5.32. The Morgan fingerprint density at radius 2 is 1.68 bits per heavy atom. The van der Waals surface area contributed by atoms with Gasteiger partial charge in [-0.3, -0.25) is 4.90 Å². The number of aryl methyl sites for hydroxylation is 1. The number of hydrogen-bond donors (Lipinski definition) is 1. The van der Waals surface area contributed by atoms with Gasteiger partial charge in [-0.15, -0.1) is 0 Å². The molecular weight excluding hydrogens is 268 g/mol. The summed E-state index contributed by atoms with van der Waals surface area (Å²) in [5.41, 5.74) is 10.4. The Bertz CT molecular complexity index is 576. The lowest BCUT2D eigenvalue weighted by Crippen LogP contribution is -2.47.